The first kappa shape index (κ1) is 14.2. The minimum absolute atomic E-state index is 0.0278. The first-order valence-corrected chi connectivity index (χ1v) is 7.83. The summed E-state index contributed by atoms with van der Waals surface area (Å²) >= 11 is 8.65. The van der Waals surface area contributed by atoms with E-state index in [1.165, 1.54) is 17.0 Å². The number of hydrogen-bond donors (Lipinski definition) is 0. The highest BCUT2D eigenvalue weighted by molar-refractivity contribution is 9.11. The maximum Gasteiger partial charge on any atom is 0.129 e. The second-order valence-corrected chi connectivity index (χ2v) is 7.71. The maximum atomic E-state index is 13.6. The van der Waals surface area contributed by atoms with Gasteiger partial charge < -0.3 is 0 Å². The molecule has 1 atom stereocenters. The van der Waals surface area contributed by atoms with Crippen LogP contribution in [0.1, 0.15) is 20.8 Å². The topological polar surface area (TPSA) is 0 Å². The fraction of sp³-hybridized carbons (Fsp3) is 0.231. The van der Waals surface area contributed by atoms with Crippen LogP contribution in [-0.4, -0.2) is 0 Å². The monoisotopic (exact) mass is 394 g/mol. The molecular weight excluding hydrogens is 386 g/mol. The summed E-state index contributed by atoms with van der Waals surface area (Å²) in [5, 5.41) is 0. The molecule has 0 saturated heterocycles. The normalized spacial score (nSPS) is 12.7. The lowest BCUT2D eigenvalue weighted by molar-refractivity contribution is 0.571. The van der Waals surface area contributed by atoms with E-state index in [-0.39, 0.29) is 4.83 Å². The van der Waals surface area contributed by atoms with E-state index >= 15 is 0 Å². The minimum Gasteiger partial charge on any atom is -0.207 e. The van der Waals surface area contributed by atoms with Crippen molar-refractivity contribution < 1.29 is 8.78 Å². The Morgan fingerprint density at radius 2 is 2.00 bits per heavy atom. The van der Waals surface area contributed by atoms with Crippen LogP contribution in [0.15, 0.2) is 28.1 Å². The van der Waals surface area contributed by atoms with E-state index in [0.29, 0.717) is 12.0 Å². The van der Waals surface area contributed by atoms with Gasteiger partial charge in [0.2, 0.25) is 0 Å². The second kappa shape index (κ2) is 5.80. The minimum atomic E-state index is -0.545. The molecule has 2 rings (SSSR count). The molecule has 0 aliphatic carbocycles. The van der Waals surface area contributed by atoms with Gasteiger partial charge in [0, 0.05) is 15.8 Å². The van der Waals surface area contributed by atoms with Crippen molar-refractivity contribution in [2.75, 3.05) is 0 Å². The Bertz CT molecular complexity index is 566. The molecule has 0 fully saturated rings. The predicted octanol–water partition coefficient (Wildman–Crippen LogP) is 5.78. The standard InChI is InChI=1S/C13H10Br2F2S/c1-7-10(6-13(15)18-7)11(14)4-8-2-3-9(16)5-12(8)17/h2-3,5-6,11H,4H2,1H3. The van der Waals surface area contributed by atoms with Gasteiger partial charge in [0.1, 0.15) is 11.6 Å². The molecule has 2 aromatic rings. The van der Waals surface area contributed by atoms with Crippen LogP contribution in [0.4, 0.5) is 8.78 Å². The molecule has 0 radical (unpaired) electrons. The number of rotatable bonds is 3. The van der Waals surface area contributed by atoms with Crippen LogP contribution in [0.25, 0.3) is 0 Å². The summed E-state index contributed by atoms with van der Waals surface area (Å²) in [6, 6.07) is 5.73. The molecule has 0 aliphatic heterocycles. The Balaban J connectivity index is 2.21. The molecule has 1 aromatic carbocycles. The molecule has 18 heavy (non-hydrogen) atoms. The van der Waals surface area contributed by atoms with Gasteiger partial charge in [0.15, 0.2) is 0 Å². The average Bonchev–Trinajstić information content (AvgIpc) is 2.62. The van der Waals surface area contributed by atoms with E-state index in [1.807, 2.05) is 13.0 Å². The van der Waals surface area contributed by atoms with Crippen molar-refractivity contribution in [3.05, 3.63) is 55.7 Å². The van der Waals surface area contributed by atoms with E-state index < -0.39 is 11.6 Å². The van der Waals surface area contributed by atoms with Crippen molar-refractivity contribution in [2.45, 2.75) is 18.2 Å². The van der Waals surface area contributed by atoms with Crippen LogP contribution in [0, 0.1) is 18.6 Å². The number of halogens is 4. The van der Waals surface area contributed by atoms with Gasteiger partial charge in [-0.3, -0.25) is 0 Å². The number of hydrogen-bond acceptors (Lipinski definition) is 1. The number of alkyl halides is 1. The molecule has 0 spiro atoms. The van der Waals surface area contributed by atoms with E-state index in [2.05, 4.69) is 31.9 Å². The molecule has 1 aromatic heterocycles. The van der Waals surface area contributed by atoms with E-state index in [0.717, 1.165) is 15.4 Å². The zero-order valence-corrected chi connectivity index (χ0v) is 13.5. The van der Waals surface area contributed by atoms with E-state index in [9.17, 15) is 8.78 Å². The van der Waals surface area contributed by atoms with Gasteiger partial charge in [-0.25, -0.2) is 8.78 Å². The van der Waals surface area contributed by atoms with Crippen molar-refractivity contribution in [1.29, 1.82) is 0 Å². The van der Waals surface area contributed by atoms with Gasteiger partial charge in [0.05, 0.1) is 3.79 Å². The Morgan fingerprint density at radius 1 is 1.28 bits per heavy atom. The van der Waals surface area contributed by atoms with Crippen LogP contribution >= 0.6 is 43.2 Å². The summed E-state index contributed by atoms with van der Waals surface area (Å²) in [7, 11) is 0. The first-order chi connectivity index (χ1) is 8.47. The molecule has 1 unspecified atom stereocenters. The zero-order valence-electron chi connectivity index (χ0n) is 9.51. The molecule has 96 valence electrons. The van der Waals surface area contributed by atoms with Crippen LogP contribution in [0.2, 0.25) is 0 Å². The van der Waals surface area contributed by atoms with Gasteiger partial charge in [0.25, 0.3) is 0 Å². The Labute approximate surface area is 125 Å². The van der Waals surface area contributed by atoms with Crippen LogP contribution in [0.5, 0.6) is 0 Å². The molecule has 1 heterocycles. The lowest BCUT2D eigenvalue weighted by Gasteiger charge is -2.10. The van der Waals surface area contributed by atoms with Crippen molar-refractivity contribution >= 4 is 43.2 Å². The molecule has 0 N–H and O–H groups in total. The Hall–Kier alpha value is -0.260. The van der Waals surface area contributed by atoms with Gasteiger partial charge in [-0.1, -0.05) is 22.0 Å². The predicted molar refractivity (Wildman–Crippen MR) is 78.5 cm³/mol. The van der Waals surface area contributed by atoms with Crippen LogP contribution in [-0.2, 0) is 6.42 Å². The highest BCUT2D eigenvalue weighted by Crippen LogP contribution is 2.36. The number of aryl methyl sites for hydroxylation is 1. The van der Waals surface area contributed by atoms with Gasteiger partial charge in [-0.05, 0) is 52.5 Å². The fourth-order valence-electron chi connectivity index (χ4n) is 1.76. The summed E-state index contributed by atoms with van der Waals surface area (Å²) < 4.78 is 27.4. The van der Waals surface area contributed by atoms with E-state index in [4.69, 9.17) is 0 Å². The summed E-state index contributed by atoms with van der Waals surface area (Å²) in [5.74, 6) is -1.04. The van der Waals surface area contributed by atoms with Crippen molar-refractivity contribution in [3.63, 3.8) is 0 Å². The Morgan fingerprint density at radius 3 is 2.56 bits per heavy atom. The third-order valence-corrected chi connectivity index (χ3v) is 5.06. The molecule has 0 amide bonds. The van der Waals surface area contributed by atoms with Crippen molar-refractivity contribution in [2.24, 2.45) is 0 Å². The van der Waals surface area contributed by atoms with Crippen molar-refractivity contribution in [3.8, 4) is 0 Å². The van der Waals surface area contributed by atoms with Gasteiger partial charge >= 0.3 is 0 Å². The average molecular weight is 396 g/mol. The molecule has 0 aliphatic rings. The van der Waals surface area contributed by atoms with E-state index in [1.54, 1.807) is 11.3 Å². The third kappa shape index (κ3) is 3.19. The molecule has 5 heteroatoms. The van der Waals surface area contributed by atoms with Crippen LogP contribution < -0.4 is 0 Å². The second-order valence-electron chi connectivity index (χ2n) is 3.97. The molecule has 0 bridgehead atoms. The SMILES string of the molecule is Cc1sc(Br)cc1C(Br)Cc1ccc(F)cc1F. The summed E-state index contributed by atoms with van der Waals surface area (Å²) in [6.07, 6.45) is 0.496. The molecule has 0 saturated carbocycles. The Kier molecular flexibility index (Phi) is 4.56. The van der Waals surface area contributed by atoms with Crippen molar-refractivity contribution in [1.82, 2.24) is 0 Å². The quantitative estimate of drug-likeness (QED) is 0.578. The maximum absolute atomic E-state index is 13.6. The smallest absolute Gasteiger partial charge is 0.129 e. The van der Waals surface area contributed by atoms with Crippen LogP contribution in [0.3, 0.4) is 0 Å². The van der Waals surface area contributed by atoms with Gasteiger partial charge in [-0.2, -0.15) is 0 Å². The highest BCUT2D eigenvalue weighted by atomic mass is 79.9. The lowest BCUT2D eigenvalue weighted by atomic mass is 10.0. The molecular formula is C13H10Br2F2S. The largest absolute Gasteiger partial charge is 0.207 e. The lowest BCUT2D eigenvalue weighted by Crippen LogP contribution is -1.98. The van der Waals surface area contributed by atoms with Gasteiger partial charge in [-0.15, -0.1) is 11.3 Å². The summed E-state index contributed by atoms with van der Waals surface area (Å²) in [4.78, 5) is 1.21. The first-order valence-electron chi connectivity index (χ1n) is 5.31. The summed E-state index contributed by atoms with van der Waals surface area (Å²) in [5.41, 5.74) is 1.65. The highest BCUT2D eigenvalue weighted by Gasteiger charge is 2.16. The molecule has 0 nitrogen and oxygen atoms in total. The third-order valence-electron chi connectivity index (χ3n) is 2.68. The fourth-order valence-corrected chi connectivity index (χ4v) is 4.51. The number of thiophene rings is 1. The zero-order chi connectivity index (χ0) is 13.3. The summed E-state index contributed by atoms with van der Waals surface area (Å²) in [6.45, 7) is 2.03. The number of benzene rings is 1.